The molecule has 0 amide bonds. The first-order valence-corrected chi connectivity index (χ1v) is 10.4. The Kier molecular flexibility index (Phi) is 12.5. The molecular formula is C21H21CuF3N6OS2. The molecule has 13 heteroatoms. The maximum atomic E-state index is 12.5. The van der Waals surface area contributed by atoms with E-state index < -0.39 is 17.9 Å². The van der Waals surface area contributed by atoms with E-state index in [0.717, 1.165) is 0 Å². The van der Waals surface area contributed by atoms with Crippen LogP contribution in [0.25, 0.3) is 0 Å². The number of nitrogens with one attached hydrogen (secondary N) is 2. The van der Waals surface area contributed by atoms with Gasteiger partial charge in [-0.25, -0.2) is 0 Å². The third-order valence-electron chi connectivity index (χ3n) is 3.88. The van der Waals surface area contributed by atoms with E-state index in [1.54, 1.807) is 55.6 Å². The summed E-state index contributed by atoms with van der Waals surface area (Å²) in [6, 6.07) is 15.8. The molecule has 0 saturated heterocycles. The van der Waals surface area contributed by atoms with E-state index in [9.17, 15) is 13.2 Å². The minimum atomic E-state index is -4.44. The number of hydrogen-bond acceptors (Lipinski definition) is 7. The molecule has 0 aliphatic heterocycles. The third kappa shape index (κ3) is 10.0. The van der Waals surface area contributed by atoms with Gasteiger partial charge in [0.15, 0.2) is 0 Å². The van der Waals surface area contributed by atoms with E-state index in [-0.39, 0.29) is 33.7 Å². The molecule has 0 unspecified atom stereocenters. The zero-order chi connectivity index (χ0) is 24.3. The van der Waals surface area contributed by atoms with Crippen molar-refractivity contribution in [3.05, 3.63) is 65.7 Å². The van der Waals surface area contributed by atoms with Crippen molar-refractivity contribution in [3.63, 3.8) is 0 Å². The van der Waals surface area contributed by atoms with E-state index in [2.05, 4.69) is 25.7 Å². The number of amidine groups is 2. The molecule has 185 valence electrons. The van der Waals surface area contributed by atoms with Gasteiger partial charge in [-0.1, -0.05) is 30.3 Å². The average Bonchev–Trinajstić information content (AvgIpc) is 2.80. The maximum absolute atomic E-state index is 12.5. The zero-order valence-corrected chi connectivity index (χ0v) is 20.6. The molecule has 2 aromatic rings. The molecule has 0 spiro atoms. The second-order valence-electron chi connectivity index (χ2n) is 6.30. The van der Waals surface area contributed by atoms with Crippen LogP contribution in [0.3, 0.4) is 0 Å². The molecule has 0 saturated carbocycles. The average molecular weight is 558 g/mol. The molecule has 2 N–H and O–H groups in total. The van der Waals surface area contributed by atoms with Crippen molar-refractivity contribution < 1.29 is 35.0 Å². The largest absolute Gasteiger partial charge is 2.00 e. The Morgan fingerprint density at radius 2 is 1.32 bits per heavy atom. The van der Waals surface area contributed by atoms with Crippen molar-refractivity contribution in [2.75, 3.05) is 20.2 Å². The van der Waals surface area contributed by atoms with Gasteiger partial charge in [-0.2, -0.15) is 23.4 Å². The van der Waals surface area contributed by atoms with Crippen molar-refractivity contribution in [1.29, 1.82) is 0 Å². The van der Waals surface area contributed by atoms with E-state index in [4.69, 9.17) is 30.0 Å². The first-order chi connectivity index (χ1) is 15.7. The van der Waals surface area contributed by atoms with Gasteiger partial charge in [0.1, 0.15) is 23.7 Å². The molecule has 0 aliphatic rings. The SMILES string of the molecule is CCNC([S-])=NN=C(C(=NN=C([S-])NCC(F)(F)F)c1ccccc1)c1ccc(OC)cc1.[Cu+2]. The molecule has 0 atom stereocenters. The van der Waals surface area contributed by atoms with E-state index in [1.165, 1.54) is 0 Å². The summed E-state index contributed by atoms with van der Waals surface area (Å²) >= 11 is 10.0. The van der Waals surface area contributed by atoms with Gasteiger partial charge in [0, 0.05) is 17.7 Å². The van der Waals surface area contributed by atoms with E-state index in [0.29, 0.717) is 23.4 Å². The molecule has 2 aromatic carbocycles. The quantitative estimate of drug-likeness (QED) is 0.171. The third-order valence-corrected chi connectivity index (χ3v) is 4.34. The van der Waals surface area contributed by atoms with Crippen LogP contribution in [0.2, 0.25) is 0 Å². The fraction of sp³-hybridized carbons (Fsp3) is 0.238. The van der Waals surface area contributed by atoms with Crippen molar-refractivity contribution in [3.8, 4) is 5.75 Å². The second-order valence-corrected chi connectivity index (χ2v) is 7.07. The van der Waals surface area contributed by atoms with Crippen LogP contribution >= 0.6 is 0 Å². The number of methoxy groups -OCH3 is 1. The predicted molar refractivity (Wildman–Crippen MR) is 130 cm³/mol. The summed E-state index contributed by atoms with van der Waals surface area (Å²) in [6.45, 7) is 1.10. The smallest absolute Gasteiger partial charge is 0.741 e. The Morgan fingerprint density at radius 1 is 0.824 bits per heavy atom. The predicted octanol–water partition coefficient (Wildman–Crippen LogP) is 3.37. The second kappa shape index (κ2) is 14.5. The van der Waals surface area contributed by atoms with Crippen LogP contribution in [-0.2, 0) is 42.3 Å². The molecule has 1 radical (unpaired) electrons. The molecule has 0 aliphatic carbocycles. The van der Waals surface area contributed by atoms with E-state index in [1.807, 2.05) is 18.3 Å². The summed E-state index contributed by atoms with van der Waals surface area (Å²) in [7, 11) is 1.54. The summed E-state index contributed by atoms with van der Waals surface area (Å²) < 4.78 is 42.6. The van der Waals surface area contributed by atoms with Crippen LogP contribution < -0.4 is 15.4 Å². The topological polar surface area (TPSA) is 82.7 Å². The fourth-order valence-corrected chi connectivity index (χ4v) is 2.72. The first kappa shape index (κ1) is 29.3. The molecule has 0 aromatic heterocycles. The van der Waals surface area contributed by atoms with Crippen molar-refractivity contribution in [1.82, 2.24) is 10.6 Å². The van der Waals surface area contributed by atoms with Gasteiger partial charge in [0.2, 0.25) is 0 Å². The number of nitrogens with zero attached hydrogens (tertiary/aromatic N) is 4. The number of alkyl halides is 3. The molecular weight excluding hydrogens is 537 g/mol. The van der Waals surface area contributed by atoms with Crippen LogP contribution in [0.5, 0.6) is 5.75 Å². The van der Waals surface area contributed by atoms with Crippen LogP contribution in [0.15, 0.2) is 75.0 Å². The number of ether oxygens (including phenoxy) is 1. The van der Waals surface area contributed by atoms with Gasteiger partial charge in [-0.3, -0.25) is 0 Å². The molecule has 0 bridgehead atoms. The van der Waals surface area contributed by atoms with E-state index >= 15 is 0 Å². The first-order valence-electron chi connectivity index (χ1n) is 9.63. The normalized spacial score (nSPS) is 13.2. The van der Waals surface area contributed by atoms with Gasteiger partial charge < -0.3 is 40.6 Å². The number of hydrogen-bond donors (Lipinski definition) is 2. The van der Waals surface area contributed by atoms with Gasteiger partial charge in [-0.05, 0) is 41.5 Å². The Balaban J connectivity index is 0.00000578. The summed E-state index contributed by atoms with van der Waals surface area (Å²) in [5.41, 5.74) is 1.72. The summed E-state index contributed by atoms with van der Waals surface area (Å²) in [5.74, 6) is 0.624. The number of benzene rings is 2. The molecule has 7 nitrogen and oxygen atoms in total. The Bertz CT molecular complexity index is 1030. The van der Waals surface area contributed by atoms with Crippen molar-refractivity contribution >= 4 is 47.0 Å². The summed E-state index contributed by atoms with van der Waals surface area (Å²) in [4.78, 5) is 0. The van der Waals surface area contributed by atoms with Gasteiger partial charge in [0.05, 0.1) is 7.11 Å². The fourth-order valence-electron chi connectivity index (χ4n) is 2.42. The summed E-state index contributed by atoms with van der Waals surface area (Å²) in [6.07, 6.45) is -4.44. The standard InChI is InChI=1S/C21H23F3N6OS2.Cu/c1-3-25-19(32)29-28-18(15-9-11-16(31-2)12-10-15)17(14-7-5-4-6-8-14)27-30-20(33)26-13-21(22,23)24;/h4-12H,3,13H2,1-2H3,(H2,25,29,32)(H2,26,30,33);/q;+2/p-2. The van der Waals surface area contributed by atoms with Crippen LogP contribution in [0, 0.1) is 0 Å². The van der Waals surface area contributed by atoms with Crippen molar-refractivity contribution in [2.24, 2.45) is 20.4 Å². The molecule has 0 fully saturated rings. The monoisotopic (exact) mass is 557 g/mol. The van der Waals surface area contributed by atoms with Crippen molar-refractivity contribution in [2.45, 2.75) is 13.1 Å². The maximum Gasteiger partial charge on any atom is 2.00 e. The minimum Gasteiger partial charge on any atom is -0.741 e. The van der Waals surface area contributed by atoms with Crippen LogP contribution in [0.1, 0.15) is 18.1 Å². The number of rotatable bonds is 8. The Morgan fingerprint density at radius 3 is 1.79 bits per heavy atom. The molecule has 34 heavy (non-hydrogen) atoms. The van der Waals surface area contributed by atoms with Gasteiger partial charge >= 0.3 is 23.2 Å². The van der Waals surface area contributed by atoms with Gasteiger partial charge in [-0.15, -0.1) is 10.2 Å². The van der Waals surface area contributed by atoms with Gasteiger partial charge in [0.25, 0.3) is 0 Å². The minimum absolute atomic E-state index is 0. The van der Waals surface area contributed by atoms with Crippen LogP contribution in [-0.4, -0.2) is 48.1 Å². The Hall–Kier alpha value is -2.73. The van der Waals surface area contributed by atoms with Crippen LogP contribution in [0.4, 0.5) is 13.2 Å². The molecule has 2 rings (SSSR count). The Labute approximate surface area is 217 Å². The zero-order valence-electron chi connectivity index (χ0n) is 18.1. The number of halogens is 3. The summed E-state index contributed by atoms with van der Waals surface area (Å²) in [5, 5.41) is 20.8. The molecule has 0 heterocycles.